The van der Waals surface area contributed by atoms with E-state index in [9.17, 15) is 4.79 Å². The molecule has 1 aromatic rings. The maximum atomic E-state index is 11.5. The lowest BCUT2D eigenvalue weighted by molar-refractivity contribution is 0.0599. The van der Waals surface area contributed by atoms with Crippen LogP contribution in [0.2, 0.25) is 0 Å². The van der Waals surface area contributed by atoms with Crippen molar-refractivity contribution in [1.82, 2.24) is 0 Å². The van der Waals surface area contributed by atoms with E-state index in [4.69, 9.17) is 4.74 Å². The van der Waals surface area contributed by atoms with Crippen LogP contribution < -0.4 is 0 Å². The molecule has 1 fully saturated rings. The number of carbonyl (C=O) groups excluding carboxylic acids is 1. The van der Waals surface area contributed by atoms with E-state index in [0.717, 1.165) is 10.0 Å². The first-order valence-electron chi connectivity index (χ1n) is 4.60. The number of ether oxygens (including phenoxy) is 1. The van der Waals surface area contributed by atoms with E-state index in [0.29, 0.717) is 11.5 Å². The Kier molecular flexibility index (Phi) is 2.59. The van der Waals surface area contributed by atoms with Gasteiger partial charge in [0.25, 0.3) is 0 Å². The predicted molar refractivity (Wildman–Crippen MR) is 57.5 cm³/mol. The quantitative estimate of drug-likeness (QED) is 0.759. The molecule has 0 N–H and O–H groups in total. The molecule has 0 radical (unpaired) electrons. The average Bonchev–Trinajstić information content (AvgIpc) is 3.00. The second-order valence-corrected chi connectivity index (χ2v) is 4.41. The van der Waals surface area contributed by atoms with Crippen LogP contribution >= 0.6 is 15.9 Å². The van der Waals surface area contributed by atoms with Crippen LogP contribution in [0.15, 0.2) is 22.7 Å². The highest BCUT2D eigenvalue weighted by Crippen LogP contribution is 2.42. The van der Waals surface area contributed by atoms with Crippen LogP contribution in [0.4, 0.5) is 0 Å². The highest BCUT2D eigenvalue weighted by molar-refractivity contribution is 9.10. The van der Waals surface area contributed by atoms with Crippen LogP contribution in [0.5, 0.6) is 0 Å². The summed E-state index contributed by atoms with van der Waals surface area (Å²) in [6.45, 7) is 0. The zero-order valence-electron chi connectivity index (χ0n) is 7.92. The number of methoxy groups -OCH3 is 1. The second-order valence-electron chi connectivity index (χ2n) is 3.50. The van der Waals surface area contributed by atoms with Gasteiger partial charge >= 0.3 is 5.97 Å². The molecule has 0 saturated heterocycles. The van der Waals surface area contributed by atoms with Gasteiger partial charge in [0.15, 0.2) is 0 Å². The molecule has 0 amide bonds. The third kappa shape index (κ3) is 1.82. The van der Waals surface area contributed by atoms with Crippen LogP contribution in [0.1, 0.15) is 34.7 Å². The Bertz CT molecular complexity index is 370. The van der Waals surface area contributed by atoms with Crippen molar-refractivity contribution >= 4 is 21.9 Å². The van der Waals surface area contributed by atoms with Gasteiger partial charge in [0, 0.05) is 4.47 Å². The molecule has 0 unspecified atom stereocenters. The fraction of sp³-hybridized carbons (Fsp3) is 0.364. The van der Waals surface area contributed by atoms with Gasteiger partial charge in [-0.1, -0.05) is 22.0 Å². The maximum Gasteiger partial charge on any atom is 0.338 e. The van der Waals surface area contributed by atoms with E-state index < -0.39 is 0 Å². The standard InChI is InChI=1S/C11H11BrO2/c1-14-11(13)10-6-8(12)4-5-9(10)7-2-3-7/h4-7H,2-3H2,1H3. The van der Waals surface area contributed by atoms with Gasteiger partial charge in [-0.2, -0.15) is 0 Å². The van der Waals surface area contributed by atoms with Crippen LogP contribution in [0, 0.1) is 0 Å². The largest absolute Gasteiger partial charge is 0.465 e. The van der Waals surface area contributed by atoms with E-state index in [1.165, 1.54) is 20.0 Å². The van der Waals surface area contributed by atoms with Crippen molar-refractivity contribution in [2.75, 3.05) is 7.11 Å². The van der Waals surface area contributed by atoms with Crippen molar-refractivity contribution < 1.29 is 9.53 Å². The molecule has 1 saturated carbocycles. The van der Waals surface area contributed by atoms with Crippen LogP contribution in [-0.2, 0) is 4.74 Å². The Morgan fingerprint density at radius 2 is 2.21 bits per heavy atom. The van der Waals surface area contributed by atoms with E-state index in [1.807, 2.05) is 18.2 Å². The summed E-state index contributed by atoms with van der Waals surface area (Å²) >= 11 is 3.36. The SMILES string of the molecule is COC(=O)c1cc(Br)ccc1C1CC1. The topological polar surface area (TPSA) is 26.3 Å². The van der Waals surface area contributed by atoms with E-state index >= 15 is 0 Å². The fourth-order valence-corrected chi connectivity index (χ4v) is 1.93. The van der Waals surface area contributed by atoms with Crippen LogP contribution in [0.25, 0.3) is 0 Å². The van der Waals surface area contributed by atoms with Crippen molar-refractivity contribution in [1.29, 1.82) is 0 Å². The lowest BCUT2D eigenvalue weighted by Gasteiger charge is -2.06. The summed E-state index contributed by atoms with van der Waals surface area (Å²) in [6, 6.07) is 5.81. The van der Waals surface area contributed by atoms with E-state index in [1.54, 1.807) is 0 Å². The first-order valence-corrected chi connectivity index (χ1v) is 5.39. The Labute approximate surface area is 91.4 Å². The summed E-state index contributed by atoms with van der Waals surface area (Å²) in [5.41, 5.74) is 1.82. The molecule has 3 heteroatoms. The summed E-state index contributed by atoms with van der Waals surface area (Å²) in [5.74, 6) is 0.324. The van der Waals surface area contributed by atoms with Gasteiger partial charge in [0.05, 0.1) is 12.7 Å². The van der Waals surface area contributed by atoms with Crippen molar-refractivity contribution in [3.05, 3.63) is 33.8 Å². The minimum atomic E-state index is -0.242. The van der Waals surface area contributed by atoms with Gasteiger partial charge in [-0.05, 0) is 36.5 Å². The molecule has 1 aliphatic carbocycles. The number of hydrogen-bond acceptors (Lipinski definition) is 2. The monoisotopic (exact) mass is 254 g/mol. The molecule has 1 aliphatic rings. The summed E-state index contributed by atoms with van der Waals surface area (Å²) in [4.78, 5) is 11.5. The molecule has 2 nitrogen and oxygen atoms in total. The number of hydrogen-bond donors (Lipinski definition) is 0. The molecule has 0 atom stereocenters. The molecule has 2 rings (SSSR count). The molecule has 0 aromatic heterocycles. The molecule has 14 heavy (non-hydrogen) atoms. The third-order valence-corrected chi connectivity index (χ3v) is 2.93. The smallest absolute Gasteiger partial charge is 0.338 e. The third-order valence-electron chi connectivity index (χ3n) is 2.44. The minimum Gasteiger partial charge on any atom is -0.465 e. The average molecular weight is 255 g/mol. The lowest BCUT2D eigenvalue weighted by Crippen LogP contribution is -2.05. The van der Waals surface area contributed by atoms with Crippen molar-refractivity contribution in [3.63, 3.8) is 0 Å². The highest BCUT2D eigenvalue weighted by atomic mass is 79.9. The van der Waals surface area contributed by atoms with Gasteiger partial charge in [-0.25, -0.2) is 4.79 Å². The number of carbonyl (C=O) groups is 1. The molecule has 0 aliphatic heterocycles. The van der Waals surface area contributed by atoms with Gasteiger partial charge < -0.3 is 4.74 Å². The Hall–Kier alpha value is -0.830. The number of rotatable bonds is 2. The Balaban J connectivity index is 2.42. The molecule has 0 heterocycles. The number of esters is 1. The highest BCUT2D eigenvalue weighted by Gasteiger charge is 2.28. The fourth-order valence-electron chi connectivity index (χ4n) is 1.57. The van der Waals surface area contributed by atoms with Crippen molar-refractivity contribution in [3.8, 4) is 0 Å². The Morgan fingerprint density at radius 1 is 1.50 bits per heavy atom. The maximum absolute atomic E-state index is 11.5. The van der Waals surface area contributed by atoms with Crippen molar-refractivity contribution in [2.45, 2.75) is 18.8 Å². The van der Waals surface area contributed by atoms with Gasteiger partial charge in [0.2, 0.25) is 0 Å². The van der Waals surface area contributed by atoms with E-state index in [-0.39, 0.29) is 5.97 Å². The molecule has 1 aromatic carbocycles. The zero-order valence-corrected chi connectivity index (χ0v) is 9.50. The Morgan fingerprint density at radius 3 is 2.79 bits per heavy atom. The normalized spacial score (nSPS) is 15.3. The summed E-state index contributed by atoms with van der Waals surface area (Å²) in [6.07, 6.45) is 2.37. The summed E-state index contributed by atoms with van der Waals surface area (Å²) < 4.78 is 5.67. The predicted octanol–water partition coefficient (Wildman–Crippen LogP) is 3.11. The first-order chi connectivity index (χ1) is 6.72. The van der Waals surface area contributed by atoms with Gasteiger partial charge in [0.1, 0.15) is 0 Å². The van der Waals surface area contributed by atoms with Crippen LogP contribution in [0.3, 0.4) is 0 Å². The number of halogens is 1. The summed E-state index contributed by atoms with van der Waals surface area (Å²) in [7, 11) is 1.42. The van der Waals surface area contributed by atoms with E-state index in [2.05, 4.69) is 15.9 Å². The van der Waals surface area contributed by atoms with Crippen molar-refractivity contribution in [2.24, 2.45) is 0 Å². The molecule has 0 bridgehead atoms. The molecular weight excluding hydrogens is 244 g/mol. The van der Waals surface area contributed by atoms with Gasteiger partial charge in [-0.3, -0.25) is 0 Å². The lowest BCUT2D eigenvalue weighted by atomic mass is 10.0. The summed E-state index contributed by atoms with van der Waals surface area (Å²) in [5, 5.41) is 0. The molecular formula is C11H11BrO2. The number of benzene rings is 1. The minimum absolute atomic E-state index is 0.242. The van der Waals surface area contributed by atoms with Crippen LogP contribution in [-0.4, -0.2) is 13.1 Å². The molecule has 0 spiro atoms. The first kappa shape index (κ1) is 9.71. The van der Waals surface area contributed by atoms with Gasteiger partial charge in [-0.15, -0.1) is 0 Å². The zero-order chi connectivity index (χ0) is 10.1. The second kappa shape index (κ2) is 3.73. The molecule has 74 valence electrons.